The summed E-state index contributed by atoms with van der Waals surface area (Å²) < 4.78 is 5.10. The van der Waals surface area contributed by atoms with Crippen molar-refractivity contribution in [3.8, 4) is 5.75 Å². The lowest BCUT2D eigenvalue weighted by Gasteiger charge is -2.13. The minimum atomic E-state index is -0.694. The highest BCUT2D eigenvalue weighted by Crippen LogP contribution is 2.33. The Bertz CT molecular complexity index is 429. The number of methoxy groups -OCH3 is 1. The molecule has 4 heteroatoms. The van der Waals surface area contributed by atoms with Crippen LogP contribution in [0.4, 0.5) is 0 Å². The molecule has 1 aromatic carbocycles. The smallest absolute Gasteiger partial charge is 0.220 e. The van der Waals surface area contributed by atoms with Crippen LogP contribution in [-0.4, -0.2) is 24.7 Å². The van der Waals surface area contributed by atoms with Gasteiger partial charge in [0.2, 0.25) is 5.91 Å². The molecular weight excluding hydrogens is 242 g/mol. The number of hydrogen-bond acceptors (Lipinski definition) is 3. The minimum Gasteiger partial charge on any atom is -0.497 e. The molecule has 0 saturated heterocycles. The van der Waals surface area contributed by atoms with Crippen LogP contribution in [-0.2, 0) is 4.79 Å². The van der Waals surface area contributed by atoms with E-state index in [4.69, 9.17) is 4.74 Å². The van der Waals surface area contributed by atoms with E-state index < -0.39 is 6.10 Å². The van der Waals surface area contributed by atoms with Gasteiger partial charge in [-0.3, -0.25) is 4.79 Å². The molecular formula is C15H21NO3. The SMILES string of the molecule is COc1cccc(C(O)CNC(=O)CCC2CC2)c1. The van der Waals surface area contributed by atoms with Crippen LogP contribution < -0.4 is 10.1 Å². The molecule has 1 atom stereocenters. The fourth-order valence-corrected chi connectivity index (χ4v) is 2.01. The van der Waals surface area contributed by atoms with E-state index >= 15 is 0 Å². The van der Waals surface area contributed by atoms with E-state index in [0.717, 1.165) is 17.9 Å². The third-order valence-corrected chi connectivity index (χ3v) is 3.45. The van der Waals surface area contributed by atoms with Crippen molar-refractivity contribution in [2.45, 2.75) is 31.8 Å². The summed E-state index contributed by atoms with van der Waals surface area (Å²) in [7, 11) is 1.59. The molecule has 19 heavy (non-hydrogen) atoms. The molecule has 0 radical (unpaired) electrons. The van der Waals surface area contributed by atoms with Crippen LogP contribution in [0.2, 0.25) is 0 Å². The van der Waals surface area contributed by atoms with E-state index in [1.807, 2.05) is 18.2 Å². The summed E-state index contributed by atoms with van der Waals surface area (Å²) >= 11 is 0. The number of hydrogen-bond donors (Lipinski definition) is 2. The van der Waals surface area contributed by atoms with Crippen LogP contribution in [0.3, 0.4) is 0 Å². The molecule has 104 valence electrons. The Kier molecular flexibility index (Phi) is 4.80. The largest absolute Gasteiger partial charge is 0.497 e. The molecule has 1 saturated carbocycles. The first-order chi connectivity index (χ1) is 9.19. The lowest BCUT2D eigenvalue weighted by molar-refractivity contribution is -0.121. The Balaban J connectivity index is 1.75. The standard InChI is InChI=1S/C15H21NO3/c1-19-13-4-2-3-12(9-13)14(17)10-16-15(18)8-7-11-5-6-11/h2-4,9,11,14,17H,5-8,10H2,1H3,(H,16,18). The van der Waals surface area contributed by atoms with Crippen molar-refractivity contribution >= 4 is 5.91 Å². The van der Waals surface area contributed by atoms with Gasteiger partial charge in [0.25, 0.3) is 0 Å². The van der Waals surface area contributed by atoms with E-state index in [0.29, 0.717) is 12.2 Å². The third kappa shape index (κ3) is 4.56. The van der Waals surface area contributed by atoms with Crippen molar-refractivity contribution in [2.24, 2.45) is 5.92 Å². The molecule has 1 aliphatic rings. The Labute approximate surface area is 113 Å². The fraction of sp³-hybridized carbons (Fsp3) is 0.533. The highest BCUT2D eigenvalue weighted by molar-refractivity contribution is 5.75. The number of ether oxygens (including phenoxy) is 1. The maximum atomic E-state index is 11.6. The Morgan fingerprint density at radius 3 is 3.00 bits per heavy atom. The normalized spacial score (nSPS) is 15.9. The second kappa shape index (κ2) is 6.57. The quantitative estimate of drug-likeness (QED) is 0.791. The van der Waals surface area contributed by atoms with Gasteiger partial charge >= 0.3 is 0 Å². The average molecular weight is 263 g/mol. The zero-order chi connectivity index (χ0) is 13.7. The van der Waals surface area contributed by atoms with Gasteiger partial charge in [0.1, 0.15) is 5.75 Å². The van der Waals surface area contributed by atoms with Crippen LogP contribution in [0.15, 0.2) is 24.3 Å². The van der Waals surface area contributed by atoms with Crippen molar-refractivity contribution in [3.63, 3.8) is 0 Å². The van der Waals surface area contributed by atoms with Crippen molar-refractivity contribution in [1.29, 1.82) is 0 Å². The first-order valence-corrected chi connectivity index (χ1v) is 6.77. The predicted molar refractivity (Wildman–Crippen MR) is 72.9 cm³/mol. The molecule has 0 aliphatic heterocycles. The van der Waals surface area contributed by atoms with Gasteiger partial charge in [0, 0.05) is 13.0 Å². The van der Waals surface area contributed by atoms with Crippen LogP contribution in [0.1, 0.15) is 37.4 Å². The Hall–Kier alpha value is -1.55. The van der Waals surface area contributed by atoms with E-state index in [9.17, 15) is 9.90 Å². The first kappa shape index (κ1) is 13.9. The summed E-state index contributed by atoms with van der Waals surface area (Å²) in [6, 6.07) is 7.25. The predicted octanol–water partition coefficient (Wildman–Crippen LogP) is 2.04. The summed E-state index contributed by atoms with van der Waals surface area (Å²) in [4.78, 5) is 11.6. The second-order valence-electron chi connectivity index (χ2n) is 5.08. The lowest BCUT2D eigenvalue weighted by Crippen LogP contribution is -2.28. The van der Waals surface area contributed by atoms with Gasteiger partial charge < -0.3 is 15.2 Å². The van der Waals surface area contributed by atoms with E-state index in [1.54, 1.807) is 13.2 Å². The monoisotopic (exact) mass is 263 g/mol. The summed E-state index contributed by atoms with van der Waals surface area (Å²) in [6.07, 6.45) is 3.37. The highest BCUT2D eigenvalue weighted by Gasteiger charge is 2.21. The average Bonchev–Trinajstić information content (AvgIpc) is 3.26. The van der Waals surface area contributed by atoms with Crippen LogP contribution in [0.5, 0.6) is 5.75 Å². The maximum absolute atomic E-state index is 11.6. The first-order valence-electron chi connectivity index (χ1n) is 6.77. The minimum absolute atomic E-state index is 0.0221. The molecule has 2 rings (SSSR count). The molecule has 1 amide bonds. The van der Waals surface area contributed by atoms with Crippen molar-refractivity contribution in [3.05, 3.63) is 29.8 Å². The zero-order valence-electron chi connectivity index (χ0n) is 11.3. The summed E-state index contributed by atoms with van der Waals surface area (Å²) in [5, 5.41) is 12.8. The number of aliphatic hydroxyl groups is 1. The second-order valence-corrected chi connectivity index (χ2v) is 5.08. The molecule has 0 aromatic heterocycles. The van der Waals surface area contributed by atoms with Crippen LogP contribution >= 0.6 is 0 Å². The molecule has 0 spiro atoms. The molecule has 1 aliphatic carbocycles. The van der Waals surface area contributed by atoms with Gasteiger partial charge in [0.05, 0.1) is 13.2 Å². The van der Waals surface area contributed by atoms with Crippen molar-refractivity contribution in [1.82, 2.24) is 5.32 Å². The molecule has 4 nitrogen and oxygen atoms in total. The van der Waals surface area contributed by atoms with E-state index in [-0.39, 0.29) is 12.5 Å². The molecule has 2 N–H and O–H groups in total. The van der Waals surface area contributed by atoms with Gasteiger partial charge in [-0.1, -0.05) is 25.0 Å². The van der Waals surface area contributed by atoms with E-state index in [2.05, 4.69) is 5.32 Å². The van der Waals surface area contributed by atoms with Crippen LogP contribution in [0, 0.1) is 5.92 Å². The number of carbonyl (C=O) groups is 1. The molecule has 1 fully saturated rings. The Morgan fingerprint density at radius 1 is 1.53 bits per heavy atom. The fourth-order valence-electron chi connectivity index (χ4n) is 2.01. The number of rotatable bonds is 7. The Morgan fingerprint density at radius 2 is 2.32 bits per heavy atom. The van der Waals surface area contributed by atoms with Gasteiger partial charge in [-0.15, -0.1) is 0 Å². The molecule has 0 heterocycles. The van der Waals surface area contributed by atoms with Gasteiger partial charge in [-0.05, 0) is 30.0 Å². The van der Waals surface area contributed by atoms with Crippen molar-refractivity contribution in [2.75, 3.05) is 13.7 Å². The lowest BCUT2D eigenvalue weighted by atomic mass is 10.1. The van der Waals surface area contributed by atoms with Crippen LogP contribution in [0.25, 0.3) is 0 Å². The van der Waals surface area contributed by atoms with Gasteiger partial charge in [0.15, 0.2) is 0 Å². The third-order valence-electron chi connectivity index (χ3n) is 3.45. The van der Waals surface area contributed by atoms with Crippen molar-refractivity contribution < 1.29 is 14.6 Å². The number of aliphatic hydroxyl groups excluding tert-OH is 1. The summed E-state index contributed by atoms with van der Waals surface area (Å²) in [5.74, 6) is 1.49. The van der Waals surface area contributed by atoms with Gasteiger partial charge in [-0.25, -0.2) is 0 Å². The maximum Gasteiger partial charge on any atom is 0.220 e. The molecule has 0 bridgehead atoms. The number of nitrogens with one attached hydrogen (secondary N) is 1. The number of carbonyl (C=O) groups excluding carboxylic acids is 1. The van der Waals surface area contributed by atoms with Gasteiger partial charge in [-0.2, -0.15) is 0 Å². The highest BCUT2D eigenvalue weighted by atomic mass is 16.5. The molecule has 1 unspecified atom stereocenters. The number of amides is 1. The zero-order valence-corrected chi connectivity index (χ0v) is 11.3. The summed E-state index contributed by atoms with van der Waals surface area (Å²) in [5.41, 5.74) is 0.752. The topological polar surface area (TPSA) is 58.6 Å². The number of benzene rings is 1. The van der Waals surface area contributed by atoms with E-state index in [1.165, 1.54) is 12.8 Å². The summed E-state index contributed by atoms with van der Waals surface area (Å²) in [6.45, 7) is 0.247. The molecule has 1 aromatic rings.